The lowest BCUT2D eigenvalue weighted by Crippen LogP contribution is -2.43. The van der Waals surface area contributed by atoms with Crippen LogP contribution in [0, 0.1) is 16.0 Å². The van der Waals surface area contributed by atoms with Gasteiger partial charge in [-0.15, -0.1) is 0 Å². The fourth-order valence-corrected chi connectivity index (χ4v) is 2.53. The molecule has 1 aromatic rings. The van der Waals surface area contributed by atoms with Crippen LogP contribution in [0.25, 0.3) is 0 Å². The zero-order chi connectivity index (χ0) is 17.1. The van der Waals surface area contributed by atoms with Crippen molar-refractivity contribution in [3.05, 3.63) is 27.8 Å². The summed E-state index contributed by atoms with van der Waals surface area (Å²) in [7, 11) is 2.79. The molecular weight excluding hydrogens is 304 g/mol. The molecule has 0 spiro atoms. The van der Waals surface area contributed by atoms with E-state index in [1.165, 1.54) is 26.4 Å². The molecule has 1 aliphatic rings. The summed E-state index contributed by atoms with van der Waals surface area (Å²) in [5.41, 5.74) is 0.00456. The molecule has 124 valence electrons. The molecule has 1 saturated heterocycles. The summed E-state index contributed by atoms with van der Waals surface area (Å²) in [4.78, 5) is 36.0. The molecule has 0 saturated carbocycles. The molecule has 23 heavy (non-hydrogen) atoms. The first-order valence-electron chi connectivity index (χ1n) is 7.12. The summed E-state index contributed by atoms with van der Waals surface area (Å²) >= 11 is 0. The van der Waals surface area contributed by atoms with Gasteiger partial charge in [0.25, 0.3) is 5.69 Å². The summed E-state index contributed by atoms with van der Waals surface area (Å²) in [6.45, 7) is 1.59. The number of amides is 2. The quantitative estimate of drug-likeness (QED) is 0.466. The molecular formula is C15H18N2O6. The Balaban J connectivity index is 2.43. The van der Waals surface area contributed by atoms with E-state index in [1.807, 2.05) is 0 Å². The highest BCUT2D eigenvalue weighted by Gasteiger charge is 2.33. The molecule has 1 aliphatic heterocycles. The standard InChI is InChI=1S/C15H18N2O6/c1-9-4-5-14(18)16(15(9)19)8-10-6-12(22-2)13(23-3)7-11(10)17(20)21/h6-7,9H,4-5,8H2,1-3H3. The highest BCUT2D eigenvalue weighted by atomic mass is 16.6. The first-order valence-corrected chi connectivity index (χ1v) is 7.12. The van der Waals surface area contributed by atoms with Crippen LogP contribution in [0.3, 0.4) is 0 Å². The van der Waals surface area contributed by atoms with Crippen LogP contribution in [0.1, 0.15) is 25.3 Å². The van der Waals surface area contributed by atoms with Crippen molar-refractivity contribution in [2.24, 2.45) is 5.92 Å². The summed E-state index contributed by atoms with van der Waals surface area (Å²) < 4.78 is 10.2. The van der Waals surface area contributed by atoms with Crippen LogP contribution in [0.2, 0.25) is 0 Å². The van der Waals surface area contributed by atoms with E-state index in [-0.39, 0.29) is 47.7 Å². The first-order chi connectivity index (χ1) is 10.9. The number of rotatable bonds is 5. The lowest BCUT2D eigenvalue weighted by molar-refractivity contribution is -0.385. The topological polar surface area (TPSA) is 99.0 Å². The van der Waals surface area contributed by atoms with Gasteiger partial charge in [-0.05, 0) is 12.5 Å². The molecule has 8 heteroatoms. The molecule has 2 amide bonds. The second-order valence-electron chi connectivity index (χ2n) is 5.35. The van der Waals surface area contributed by atoms with E-state index < -0.39 is 4.92 Å². The molecule has 1 fully saturated rings. The van der Waals surface area contributed by atoms with Crippen molar-refractivity contribution in [2.75, 3.05) is 14.2 Å². The van der Waals surface area contributed by atoms with Gasteiger partial charge in [-0.25, -0.2) is 0 Å². The zero-order valence-corrected chi connectivity index (χ0v) is 13.2. The van der Waals surface area contributed by atoms with E-state index >= 15 is 0 Å². The Bertz CT molecular complexity index is 658. The second-order valence-corrected chi connectivity index (χ2v) is 5.35. The molecule has 0 N–H and O–H groups in total. The lowest BCUT2D eigenvalue weighted by atomic mass is 9.98. The Morgan fingerprint density at radius 3 is 2.43 bits per heavy atom. The predicted molar refractivity (Wildman–Crippen MR) is 80.2 cm³/mol. The number of hydrogen-bond acceptors (Lipinski definition) is 6. The largest absolute Gasteiger partial charge is 0.493 e. The molecule has 1 heterocycles. The highest BCUT2D eigenvalue weighted by molar-refractivity contribution is 5.98. The molecule has 2 rings (SSSR count). The van der Waals surface area contributed by atoms with E-state index in [9.17, 15) is 19.7 Å². The van der Waals surface area contributed by atoms with E-state index in [0.29, 0.717) is 12.2 Å². The Hall–Kier alpha value is -2.64. The molecule has 1 atom stereocenters. The van der Waals surface area contributed by atoms with Gasteiger partial charge in [0.2, 0.25) is 11.8 Å². The highest BCUT2D eigenvalue weighted by Crippen LogP contribution is 2.35. The number of methoxy groups -OCH3 is 2. The Kier molecular flexibility index (Phi) is 4.83. The van der Waals surface area contributed by atoms with Gasteiger partial charge in [0.05, 0.1) is 37.3 Å². The number of likely N-dealkylation sites (tertiary alicyclic amines) is 1. The van der Waals surface area contributed by atoms with Crippen LogP contribution in [0.4, 0.5) is 5.69 Å². The van der Waals surface area contributed by atoms with Gasteiger partial charge in [-0.1, -0.05) is 6.92 Å². The van der Waals surface area contributed by atoms with Crippen LogP contribution >= 0.6 is 0 Å². The summed E-state index contributed by atoms with van der Waals surface area (Å²) in [5.74, 6) is -0.389. The maximum Gasteiger partial charge on any atom is 0.278 e. The SMILES string of the molecule is COc1cc(CN2C(=O)CCC(C)C2=O)c([N+](=O)[O-])cc1OC. The van der Waals surface area contributed by atoms with E-state index in [2.05, 4.69) is 0 Å². The Morgan fingerprint density at radius 1 is 1.26 bits per heavy atom. The van der Waals surface area contributed by atoms with Gasteiger partial charge < -0.3 is 9.47 Å². The third-order valence-electron chi connectivity index (χ3n) is 3.89. The second kappa shape index (κ2) is 6.64. The van der Waals surface area contributed by atoms with Gasteiger partial charge in [0.1, 0.15) is 0 Å². The smallest absolute Gasteiger partial charge is 0.278 e. The van der Waals surface area contributed by atoms with Crippen molar-refractivity contribution in [1.29, 1.82) is 0 Å². The number of nitro benzene ring substituents is 1. The van der Waals surface area contributed by atoms with Crippen molar-refractivity contribution >= 4 is 17.5 Å². The molecule has 0 aromatic heterocycles. The average Bonchev–Trinajstić information content (AvgIpc) is 2.54. The minimum atomic E-state index is -0.570. The van der Waals surface area contributed by atoms with Crippen molar-refractivity contribution in [3.63, 3.8) is 0 Å². The van der Waals surface area contributed by atoms with Crippen molar-refractivity contribution in [1.82, 2.24) is 4.90 Å². The van der Waals surface area contributed by atoms with Crippen molar-refractivity contribution in [2.45, 2.75) is 26.3 Å². The number of nitro groups is 1. The number of benzene rings is 1. The first kappa shape index (κ1) is 16.7. The Labute approximate surface area is 133 Å². The number of carbonyl (C=O) groups excluding carboxylic acids is 2. The molecule has 0 radical (unpaired) electrons. The van der Waals surface area contributed by atoms with Gasteiger partial charge in [-0.3, -0.25) is 24.6 Å². The number of piperidine rings is 1. The lowest BCUT2D eigenvalue weighted by Gasteiger charge is -2.28. The van der Waals surface area contributed by atoms with Crippen LogP contribution in [0.15, 0.2) is 12.1 Å². The number of hydrogen-bond donors (Lipinski definition) is 0. The summed E-state index contributed by atoms with van der Waals surface area (Å²) in [6.07, 6.45) is 0.760. The fraction of sp³-hybridized carbons (Fsp3) is 0.467. The maximum atomic E-state index is 12.2. The van der Waals surface area contributed by atoms with Gasteiger partial charge in [0.15, 0.2) is 11.5 Å². The summed E-state index contributed by atoms with van der Waals surface area (Å²) in [5, 5.41) is 11.3. The maximum absolute atomic E-state index is 12.2. The molecule has 8 nitrogen and oxygen atoms in total. The van der Waals surface area contributed by atoms with E-state index in [4.69, 9.17) is 9.47 Å². The number of ether oxygens (including phenoxy) is 2. The van der Waals surface area contributed by atoms with Crippen LogP contribution in [-0.2, 0) is 16.1 Å². The average molecular weight is 322 g/mol. The number of carbonyl (C=O) groups is 2. The van der Waals surface area contributed by atoms with Crippen LogP contribution < -0.4 is 9.47 Å². The van der Waals surface area contributed by atoms with Crippen LogP contribution in [0.5, 0.6) is 11.5 Å². The van der Waals surface area contributed by atoms with Crippen molar-refractivity contribution in [3.8, 4) is 11.5 Å². The van der Waals surface area contributed by atoms with Gasteiger partial charge in [0, 0.05) is 12.3 Å². The van der Waals surface area contributed by atoms with E-state index in [1.54, 1.807) is 6.92 Å². The molecule has 0 aliphatic carbocycles. The monoisotopic (exact) mass is 322 g/mol. The fourth-order valence-electron chi connectivity index (χ4n) is 2.53. The van der Waals surface area contributed by atoms with E-state index in [0.717, 1.165) is 4.90 Å². The third kappa shape index (κ3) is 3.25. The molecule has 1 unspecified atom stereocenters. The molecule has 1 aromatic carbocycles. The minimum absolute atomic E-state index is 0.154. The summed E-state index contributed by atoms with van der Waals surface area (Å²) in [6, 6.07) is 2.66. The normalized spacial score (nSPS) is 18.0. The van der Waals surface area contributed by atoms with Crippen LogP contribution in [-0.4, -0.2) is 35.9 Å². The van der Waals surface area contributed by atoms with Gasteiger partial charge >= 0.3 is 0 Å². The zero-order valence-electron chi connectivity index (χ0n) is 13.2. The minimum Gasteiger partial charge on any atom is -0.493 e. The number of imide groups is 1. The van der Waals surface area contributed by atoms with Crippen molar-refractivity contribution < 1.29 is 24.0 Å². The van der Waals surface area contributed by atoms with Gasteiger partial charge in [-0.2, -0.15) is 0 Å². The number of nitrogens with zero attached hydrogens (tertiary/aromatic N) is 2. The third-order valence-corrected chi connectivity index (χ3v) is 3.89. The predicted octanol–water partition coefficient (Wildman–Crippen LogP) is 1.90. The molecule has 0 bridgehead atoms. The Morgan fingerprint density at radius 2 is 1.87 bits per heavy atom.